The second kappa shape index (κ2) is 8.10. The van der Waals surface area contributed by atoms with Crippen LogP contribution < -0.4 is 0 Å². The largest absolute Gasteiger partial charge is 0.481 e. The average molecular weight is 362 g/mol. The molecule has 0 amide bonds. The monoisotopic (exact) mass is 362 g/mol. The van der Waals surface area contributed by atoms with E-state index in [0.29, 0.717) is 11.1 Å². The first kappa shape index (κ1) is 18.9. The Morgan fingerprint density at radius 1 is 0.760 bits per heavy atom. The molecular weight excluding hydrogens is 343 g/mol. The van der Waals surface area contributed by atoms with Crippen LogP contribution in [0.1, 0.15) is 11.1 Å². The second-order valence-corrected chi connectivity index (χ2v) is 8.35. The fourth-order valence-corrected chi connectivity index (χ4v) is 4.66. The zero-order valence-corrected chi connectivity index (χ0v) is 14.3. The topological polar surface area (TPSA) is 112 Å². The molecule has 0 saturated carbocycles. The van der Waals surface area contributed by atoms with Gasteiger partial charge < -0.3 is 15.1 Å². The van der Waals surface area contributed by atoms with Crippen molar-refractivity contribution in [1.82, 2.24) is 0 Å². The smallest absolute Gasteiger partial charge is 0.316 e. The summed E-state index contributed by atoms with van der Waals surface area (Å²) in [6.45, 7) is 0. The van der Waals surface area contributed by atoms with Crippen LogP contribution in [-0.2, 0) is 27.0 Å². The molecule has 0 aromatic heterocycles. The van der Waals surface area contributed by atoms with E-state index in [0.717, 1.165) is 0 Å². The average Bonchev–Trinajstić information content (AvgIpc) is 2.58. The molecule has 0 aliphatic heterocycles. The second-order valence-electron chi connectivity index (χ2n) is 5.76. The van der Waals surface area contributed by atoms with Crippen LogP contribution in [0.3, 0.4) is 0 Å². The number of benzene rings is 2. The van der Waals surface area contributed by atoms with Gasteiger partial charge >= 0.3 is 11.9 Å². The standard InChI is InChI=1S/C18H19O6P/c19-17(20)15(11-13-7-3-1-4-8-13)25(23,24)16(18(21)22)12-14-9-5-2-6-10-14/h1-10,15-16H,11-12H2,(H,19,20)(H,21,22)(H,23,24)/t15-,16-/m1/s1. The fourth-order valence-electron chi connectivity index (χ4n) is 2.64. The number of hydrogen-bond donors (Lipinski definition) is 3. The van der Waals surface area contributed by atoms with Crippen LogP contribution in [-0.4, -0.2) is 38.4 Å². The van der Waals surface area contributed by atoms with Crippen molar-refractivity contribution in [2.45, 2.75) is 24.2 Å². The Morgan fingerprint density at radius 2 is 1.08 bits per heavy atom. The van der Waals surface area contributed by atoms with E-state index in [1.165, 1.54) is 0 Å². The summed E-state index contributed by atoms with van der Waals surface area (Å²) in [6, 6.07) is 16.8. The third kappa shape index (κ3) is 4.78. The van der Waals surface area contributed by atoms with Crippen molar-refractivity contribution in [2.24, 2.45) is 0 Å². The lowest BCUT2D eigenvalue weighted by molar-refractivity contribution is -0.136. The summed E-state index contributed by atoms with van der Waals surface area (Å²) in [4.78, 5) is 33.7. The molecule has 0 heterocycles. The van der Waals surface area contributed by atoms with Crippen molar-refractivity contribution in [1.29, 1.82) is 0 Å². The normalized spacial score (nSPS) is 13.8. The summed E-state index contributed by atoms with van der Waals surface area (Å²) in [7, 11) is -4.56. The Bertz CT molecular complexity index is 711. The molecular formula is C18H19O6P. The first-order chi connectivity index (χ1) is 11.8. The first-order valence-corrected chi connectivity index (χ1v) is 9.47. The van der Waals surface area contributed by atoms with Gasteiger partial charge in [-0.3, -0.25) is 14.2 Å². The number of hydrogen-bond acceptors (Lipinski definition) is 3. The zero-order chi connectivity index (χ0) is 18.4. The zero-order valence-electron chi connectivity index (χ0n) is 13.4. The molecule has 0 aliphatic rings. The van der Waals surface area contributed by atoms with E-state index in [2.05, 4.69) is 0 Å². The van der Waals surface area contributed by atoms with Gasteiger partial charge in [0, 0.05) is 0 Å². The molecule has 132 valence electrons. The predicted molar refractivity (Wildman–Crippen MR) is 93.0 cm³/mol. The van der Waals surface area contributed by atoms with Crippen LogP contribution in [0.2, 0.25) is 0 Å². The Morgan fingerprint density at radius 3 is 1.36 bits per heavy atom. The minimum atomic E-state index is -4.56. The molecule has 2 rings (SSSR count). The molecule has 0 bridgehead atoms. The van der Waals surface area contributed by atoms with Gasteiger partial charge in [-0.1, -0.05) is 60.7 Å². The third-order valence-corrected chi connectivity index (χ3v) is 6.60. The predicted octanol–water partition coefficient (Wildman–Crippen LogP) is 2.65. The van der Waals surface area contributed by atoms with E-state index >= 15 is 0 Å². The molecule has 0 unspecified atom stereocenters. The Balaban J connectivity index is 2.33. The minimum Gasteiger partial charge on any atom is -0.481 e. The summed E-state index contributed by atoms with van der Waals surface area (Å²) in [5, 5.41) is 18.9. The maximum atomic E-state index is 12.9. The van der Waals surface area contributed by atoms with Gasteiger partial charge in [0.25, 0.3) is 0 Å². The fraction of sp³-hybridized carbons (Fsp3) is 0.222. The van der Waals surface area contributed by atoms with Gasteiger partial charge in [-0.05, 0) is 24.0 Å². The molecule has 2 aromatic carbocycles. The number of carboxylic acids is 2. The van der Waals surface area contributed by atoms with Gasteiger partial charge in [0.15, 0.2) is 0 Å². The van der Waals surface area contributed by atoms with Gasteiger partial charge in [-0.25, -0.2) is 0 Å². The minimum absolute atomic E-state index is 0.206. The number of aliphatic carboxylic acids is 2. The summed E-state index contributed by atoms with van der Waals surface area (Å²) >= 11 is 0. The van der Waals surface area contributed by atoms with Crippen LogP contribution in [0.5, 0.6) is 0 Å². The molecule has 2 aromatic rings. The highest BCUT2D eigenvalue weighted by molar-refractivity contribution is 7.61. The molecule has 0 saturated heterocycles. The Hall–Kier alpha value is -2.43. The van der Waals surface area contributed by atoms with Crippen molar-refractivity contribution in [3.05, 3.63) is 71.8 Å². The highest BCUT2D eigenvalue weighted by atomic mass is 31.2. The van der Waals surface area contributed by atoms with E-state index in [-0.39, 0.29) is 12.8 Å². The summed E-state index contributed by atoms with van der Waals surface area (Å²) in [5.41, 5.74) is -2.24. The van der Waals surface area contributed by atoms with E-state index in [9.17, 15) is 29.3 Å². The molecule has 2 atom stereocenters. The first-order valence-electron chi connectivity index (χ1n) is 7.68. The molecule has 6 nitrogen and oxygen atoms in total. The van der Waals surface area contributed by atoms with Crippen molar-refractivity contribution in [2.75, 3.05) is 0 Å². The number of carboxylic acid groups (broad SMARTS) is 2. The molecule has 0 spiro atoms. The van der Waals surface area contributed by atoms with Crippen molar-refractivity contribution >= 4 is 19.3 Å². The van der Waals surface area contributed by atoms with E-state index in [1.807, 2.05) is 0 Å². The van der Waals surface area contributed by atoms with E-state index in [1.54, 1.807) is 60.7 Å². The van der Waals surface area contributed by atoms with Gasteiger partial charge in [0.2, 0.25) is 7.37 Å². The van der Waals surface area contributed by atoms with Crippen LogP contribution in [0.15, 0.2) is 60.7 Å². The van der Waals surface area contributed by atoms with Gasteiger partial charge in [-0.2, -0.15) is 0 Å². The molecule has 0 radical (unpaired) electrons. The summed E-state index contributed by atoms with van der Waals surface area (Å²) < 4.78 is 12.9. The maximum absolute atomic E-state index is 12.9. The van der Waals surface area contributed by atoms with Gasteiger partial charge in [-0.15, -0.1) is 0 Å². The van der Waals surface area contributed by atoms with Crippen molar-refractivity contribution < 1.29 is 29.3 Å². The van der Waals surface area contributed by atoms with E-state index in [4.69, 9.17) is 0 Å². The lowest BCUT2D eigenvalue weighted by Gasteiger charge is -2.25. The molecule has 3 N–H and O–H groups in total. The third-order valence-electron chi connectivity index (χ3n) is 4.01. The Labute approximate surface area is 145 Å². The number of carbonyl (C=O) groups is 2. The van der Waals surface area contributed by atoms with Gasteiger partial charge in [0.1, 0.15) is 11.3 Å². The van der Waals surface area contributed by atoms with Crippen LogP contribution in [0.4, 0.5) is 0 Å². The summed E-state index contributed by atoms with van der Waals surface area (Å²) in [6.07, 6.45) is -0.412. The lowest BCUT2D eigenvalue weighted by atomic mass is 10.1. The molecule has 0 aliphatic carbocycles. The van der Waals surface area contributed by atoms with E-state index < -0.39 is 30.6 Å². The van der Waals surface area contributed by atoms with Gasteiger partial charge in [0.05, 0.1) is 0 Å². The Kier molecular flexibility index (Phi) is 6.12. The van der Waals surface area contributed by atoms with Crippen LogP contribution in [0.25, 0.3) is 0 Å². The lowest BCUT2D eigenvalue weighted by Crippen LogP contribution is -2.33. The SMILES string of the molecule is O=C(O)[C@@H](Cc1ccccc1)P(=O)(O)[C@H](Cc1ccccc1)C(=O)O. The quantitative estimate of drug-likeness (QED) is 0.623. The number of rotatable bonds is 8. The van der Waals surface area contributed by atoms with Crippen molar-refractivity contribution in [3.63, 3.8) is 0 Å². The highest BCUT2D eigenvalue weighted by Gasteiger charge is 2.47. The van der Waals surface area contributed by atoms with Crippen LogP contribution >= 0.6 is 7.37 Å². The van der Waals surface area contributed by atoms with Crippen LogP contribution in [0, 0.1) is 0 Å². The highest BCUT2D eigenvalue weighted by Crippen LogP contribution is 2.53. The molecule has 0 fully saturated rings. The summed E-state index contributed by atoms with van der Waals surface area (Å²) in [5.74, 6) is -2.96. The molecule has 7 heteroatoms. The molecule has 25 heavy (non-hydrogen) atoms. The van der Waals surface area contributed by atoms with Crippen molar-refractivity contribution in [3.8, 4) is 0 Å². The maximum Gasteiger partial charge on any atom is 0.316 e.